The second kappa shape index (κ2) is 8.51. The fourth-order valence-electron chi connectivity index (χ4n) is 2.93. The van der Waals surface area contributed by atoms with E-state index in [1.807, 2.05) is 60.0 Å². The first-order valence-corrected chi connectivity index (χ1v) is 9.95. The Hall–Kier alpha value is -3.45. The van der Waals surface area contributed by atoms with Crippen molar-refractivity contribution in [2.24, 2.45) is 5.10 Å². The van der Waals surface area contributed by atoms with Gasteiger partial charge in [0.1, 0.15) is 0 Å². The lowest BCUT2D eigenvalue weighted by Crippen LogP contribution is -2.04. The number of hydrazone groups is 1. The molecule has 3 nitrogen and oxygen atoms in total. The van der Waals surface area contributed by atoms with Crippen molar-refractivity contribution in [1.82, 2.24) is 4.98 Å². The Bertz CT molecular complexity index is 1150. The Morgan fingerprint density at radius 1 is 0.833 bits per heavy atom. The van der Waals surface area contributed by atoms with Crippen LogP contribution < -0.4 is 5.43 Å². The number of anilines is 1. The molecule has 4 rings (SSSR count). The quantitative estimate of drug-likeness (QED) is 0.279. The highest BCUT2D eigenvalue weighted by molar-refractivity contribution is 7.14. The first-order chi connectivity index (χ1) is 14.5. The van der Waals surface area contributed by atoms with Crippen LogP contribution in [0.4, 0.5) is 18.3 Å². The summed E-state index contributed by atoms with van der Waals surface area (Å²) >= 11 is 1.44. The number of nitrogens with zero attached hydrogens (tertiary/aromatic N) is 2. The van der Waals surface area contributed by atoms with Crippen molar-refractivity contribution >= 4 is 22.7 Å². The third kappa shape index (κ3) is 4.58. The number of aromatic nitrogens is 1. The van der Waals surface area contributed by atoms with Crippen LogP contribution in [0.1, 0.15) is 11.1 Å². The van der Waals surface area contributed by atoms with Gasteiger partial charge < -0.3 is 0 Å². The van der Waals surface area contributed by atoms with E-state index in [-0.39, 0.29) is 0 Å². The number of halogens is 3. The van der Waals surface area contributed by atoms with Crippen LogP contribution in [-0.2, 0) is 6.18 Å². The first kappa shape index (κ1) is 19.8. The van der Waals surface area contributed by atoms with Gasteiger partial charge in [-0.1, -0.05) is 66.7 Å². The summed E-state index contributed by atoms with van der Waals surface area (Å²) in [5.41, 5.74) is 6.40. The molecule has 0 fully saturated rings. The summed E-state index contributed by atoms with van der Waals surface area (Å²) in [6.07, 6.45) is -2.72. The van der Waals surface area contributed by atoms with E-state index in [2.05, 4.69) is 15.5 Å². The predicted octanol–water partition coefficient (Wildman–Crippen LogP) is 6.94. The molecule has 0 aliphatic carbocycles. The number of benzene rings is 3. The van der Waals surface area contributed by atoms with E-state index in [0.717, 1.165) is 34.5 Å². The van der Waals surface area contributed by atoms with Crippen LogP contribution >= 0.6 is 11.3 Å². The van der Waals surface area contributed by atoms with Crippen LogP contribution in [0.25, 0.3) is 22.4 Å². The molecule has 30 heavy (non-hydrogen) atoms. The van der Waals surface area contributed by atoms with E-state index in [1.165, 1.54) is 23.5 Å². The molecule has 0 aliphatic heterocycles. The van der Waals surface area contributed by atoms with Crippen molar-refractivity contribution in [2.75, 3.05) is 5.43 Å². The highest BCUT2D eigenvalue weighted by Crippen LogP contribution is 2.31. The van der Waals surface area contributed by atoms with Gasteiger partial charge in [-0.2, -0.15) is 18.3 Å². The highest BCUT2D eigenvalue weighted by atomic mass is 32.1. The molecule has 1 N–H and O–H groups in total. The standard InChI is InChI=1S/C23H16F3N3S/c24-23(25,26)19-12-10-16(11-13-19)20-9-5-4-8-18(20)14-27-29-22-28-21(15-30-22)17-6-2-1-3-7-17/h1-15H,(H,28,29). The highest BCUT2D eigenvalue weighted by Gasteiger charge is 2.30. The molecule has 0 unspecified atom stereocenters. The van der Waals surface area contributed by atoms with E-state index < -0.39 is 11.7 Å². The van der Waals surface area contributed by atoms with Crippen molar-refractivity contribution in [1.29, 1.82) is 0 Å². The van der Waals surface area contributed by atoms with E-state index in [1.54, 1.807) is 6.21 Å². The molecule has 7 heteroatoms. The fourth-order valence-corrected chi connectivity index (χ4v) is 3.60. The smallest absolute Gasteiger partial charge is 0.253 e. The van der Waals surface area contributed by atoms with Gasteiger partial charge in [-0.05, 0) is 23.3 Å². The molecule has 1 aromatic heterocycles. The van der Waals surface area contributed by atoms with Gasteiger partial charge in [0, 0.05) is 16.5 Å². The van der Waals surface area contributed by atoms with Crippen LogP contribution in [0, 0.1) is 0 Å². The van der Waals surface area contributed by atoms with Crippen LogP contribution in [0.3, 0.4) is 0 Å². The van der Waals surface area contributed by atoms with Crippen molar-refractivity contribution in [2.45, 2.75) is 6.18 Å². The molecule has 0 spiro atoms. The van der Waals surface area contributed by atoms with Gasteiger partial charge >= 0.3 is 6.18 Å². The van der Waals surface area contributed by atoms with Gasteiger partial charge in [0.05, 0.1) is 17.5 Å². The first-order valence-electron chi connectivity index (χ1n) is 9.07. The molecule has 0 aliphatic rings. The molecule has 3 aromatic carbocycles. The molecule has 0 saturated carbocycles. The van der Waals surface area contributed by atoms with Gasteiger partial charge in [-0.3, -0.25) is 5.43 Å². The maximum absolute atomic E-state index is 12.8. The number of alkyl halides is 3. The average Bonchev–Trinajstić information content (AvgIpc) is 3.23. The van der Waals surface area contributed by atoms with Crippen LogP contribution in [-0.4, -0.2) is 11.2 Å². The molecule has 0 atom stereocenters. The summed E-state index contributed by atoms with van der Waals surface area (Å²) in [6, 6.07) is 22.3. The number of thiazole rings is 1. The number of nitrogens with one attached hydrogen (secondary N) is 1. The lowest BCUT2D eigenvalue weighted by Gasteiger charge is -2.09. The fraction of sp³-hybridized carbons (Fsp3) is 0.0435. The summed E-state index contributed by atoms with van der Waals surface area (Å²) in [7, 11) is 0. The lowest BCUT2D eigenvalue weighted by molar-refractivity contribution is -0.137. The van der Waals surface area contributed by atoms with Gasteiger partial charge in [-0.15, -0.1) is 11.3 Å². The summed E-state index contributed by atoms with van der Waals surface area (Å²) < 4.78 is 38.4. The SMILES string of the molecule is FC(F)(F)c1ccc(-c2ccccc2C=NNc2nc(-c3ccccc3)cs2)cc1. The zero-order valence-corrected chi connectivity index (χ0v) is 16.4. The molecule has 4 aromatic rings. The Morgan fingerprint density at radius 2 is 1.53 bits per heavy atom. The van der Waals surface area contributed by atoms with Crippen LogP contribution in [0.5, 0.6) is 0 Å². The van der Waals surface area contributed by atoms with E-state index in [0.29, 0.717) is 10.7 Å². The zero-order chi connectivity index (χ0) is 21.0. The molecule has 0 bridgehead atoms. The van der Waals surface area contributed by atoms with E-state index in [9.17, 15) is 13.2 Å². The Labute approximate surface area is 175 Å². The van der Waals surface area contributed by atoms with Gasteiger partial charge in [-0.25, -0.2) is 4.98 Å². The second-order valence-electron chi connectivity index (χ2n) is 6.44. The second-order valence-corrected chi connectivity index (χ2v) is 7.29. The number of hydrogen-bond donors (Lipinski definition) is 1. The van der Waals surface area contributed by atoms with Gasteiger partial charge in [0.2, 0.25) is 5.13 Å². The molecule has 0 saturated heterocycles. The third-order valence-electron chi connectivity index (χ3n) is 4.42. The number of hydrogen-bond acceptors (Lipinski definition) is 4. The van der Waals surface area contributed by atoms with Gasteiger partial charge in [0.25, 0.3) is 0 Å². The monoisotopic (exact) mass is 423 g/mol. The van der Waals surface area contributed by atoms with Crippen LogP contribution in [0.2, 0.25) is 0 Å². The Balaban J connectivity index is 1.51. The maximum atomic E-state index is 12.8. The minimum atomic E-state index is -4.35. The molecular weight excluding hydrogens is 407 g/mol. The summed E-state index contributed by atoms with van der Waals surface area (Å²) in [5, 5.41) is 6.85. The lowest BCUT2D eigenvalue weighted by atomic mass is 9.99. The van der Waals surface area contributed by atoms with Crippen molar-refractivity contribution in [3.8, 4) is 22.4 Å². The summed E-state index contributed by atoms with van der Waals surface area (Å²) in [5.74, 6) is 0. The van der Waals surface area contributed by atoms with Gasteiger partial charge in [0.15, 0.2) is 0 Å². The Morgan fingerprint density at radius 3 is 2.27 bits per heavy atom. The molecule has 0 amide bonds. The van der Waals surface area contributed by atoms with Crippen molar-refractivity contribution < 1.29 is 13.2 Å². The minimum Gasteiger partial charge on any atom is -0.253 e. The molecule has 150 valence electrons. The number of rotatable bonds is 5. The summed E-state index contributed by atoms with van der Waals surface area (Å²) in [4.78, 5) is 4.51. The molecule has 0 radical (unpaired) electrons. The van der Waals surface area contributed by atoms with Crippen molar-refractivity contribution in [3.63, 3.8) is 0 Å². The third-order valence-corrected chi connectivity index (χ3v) is 5.17. The largest absolute Gasteiger partial charge is 0.416 e. The molecule has 1 heterocycles. The zero-order valence-electron chi connectivity index (χ0n) is 15.6. The topological polar surface area (TPSA) is 37.3 Å². The normalized spacial score (nSPS) is 11.7. The van der Waals surface area contributed by atoms with E-state index >= 15 is 0 Å². The minimum absolute atomic E-state index is 0.650. The summed E-state index contributed by atoms with van der Waals surface area (Å²) in [6.45, 7) is 0. The predicted molar refractivity (Wildman–Crippen MR) is 116 cm³/mol. The van der Waals surface area contributed by atoms with Crippen LogP contribution in [0.15, 0.2) is 89.3 Å². The Kier molecular flexibility index (Phi) is 5.63. The van der Waals surface area contributed by atoms with E-state index in [4.69, 9.17) is 0 Å². The molecular formula is C23H16F3N3S. The van der Waals surface area contributed by atoms with Crippen molar-refractivity contribution in [3.05, 3.63) is 95.4 Å². The average molecular weight is 423 g/mol. The maximum Gasteiger partial charge on any atom is 0.416 e.